The van der Waals surface area contributed by atoms with Gasteiger partial charge in [0.1, 0.15) is 0 Å². The van der Waals surface area contributed by atoms with Gasteiger partial charge in [-0.3, -0.25) is 4.79 Å². The van der Waals surface area contributed by atoms with Crippen LogP contribution in [0.2, 0.25) is 0 Å². The predicted molar refractivity (Wildman–Crippen MR) is 98.8 cm³/mol. The first-order chi connectivity index (χ1) is 10.7. The molecule has 2 heterocycles. The van der Waals surface area contributed by atoms with Gasteiger partial charge in [0.2, 0.25) is 5.91 Å². The topological polar surface area (TPSA) is 52.2 Å². The Labute approximate surface area is 148 Å². The molecule has 6 heteroatoms. The zero-order chi connectivity index (χ0) is 17.1. The average Bonchev–Trinajstić information content (AvgIpc) is 2.93. The predicted octanol–water partition coefficient (Wildman–Crippen LogP) is 4.18. The van der Waals surface area contributed by atoms with Gasteiger partial charge in [0.15, 0.2) is 0 Å². The maximum absolute atomic E-state index is 12.3. The second-order valence-electron chi connectivity index (χ2n) is 8.17. The van der Waals surface area contributed by atoms with Crippen molar-refractivity contribution in [3.63, 3.8) is 0 Å². The molecule has 0 aromatic carbocycles. The van der Waals surface area contributed by atoms with Crippen LogP contribution in [0.3, 0.4) is 0 Å². The number of carbonyl (C=O) groups is 1. The largest absolute Gasteiger partial charge is 0.353 e. The van der Waals surface area contributed by atoms with Gasteiger partial charge in [0.25, 0.3) is 0 Å². The van der Waals surface area contributed by atoms with Crippen LogP contribution in [0.15, 0.2) is 0 Å². The third-order valence-corrected chi connectivity index (χ3v) is 7.87. The molecule has 0 bridgehead atoms. The van der Waals surface area contributed by atoms with Gasteiger partial charge in [-0.2, -0.15) is 0 Å². The molecule has 23 heavy (non-hydrogen) atoms. The summed E-state index contributed by atoms with van der Waals surface area (Å²) in [5.41, 5.74) is -0.839. The van der Waals surface area contributed by atoms with Crippen molar-refractivity contribution < 1.29 is 10.0 Å². The molecule has 2 aliphatic rings. The third kappa shape index (κ3) is 5.55. The second-order valence-corrected chi connectivity index (χ2v) is 11.0. The van der Waals surface area contributed by atoms with Crippen molar-refractivity contribution in [1.29, 1.82) is 0 Å². The van der Waals surface area contributed by atoms with Crippen molar-refractivity contribution in [1.82, 2.24) is 10.4 Å². The number of hydrogen-bond donors (Lipinski definition) is 1. The lowest BCUT2D eigenvalue weighted by molar-refractivity contribution is -0.290. The van der Waals surface area contributed by atoms with Gasteiger partial charge in [-0.05, 0) is 59.8 Å². The second kappa shape index (κ2) is 7.98. The Balaban J connectivity index is 1.70. The standard InChI is InChI=1S/C17H31N2O2S2/c1-16(2)11-13(12-17(3,4)19(16)21)18-15(20)8-6-5-7-14-9-10-22-23-14/h13-14H,5-12H2,1-4H3,(H,18,20). The number of rotatable bonds is 6. The van der Waals surface area contributed by atoms with Crippen LogP contribution in [0.1, 0.15) is 72.6 Å². The normalized spacial score (nSPS) is 28.0. The minimum atomic E-state index is -0.420. The van der Waals surface area contributed by atoms with Crippen molar-refractivity contribution in [3.8, 4) is 0 Å². The number of nitrogens with one attached hydrogen (secondary N) is 1. The first-order valence-electron chi connectivity index (χ1n) is 8.76. The third-order valence-electron chi connectivity index (χ3n) is 4.86. The van der Waals surface area contributed by atoms with Gasteiger partial charge < -0.3 is 5.32 Å². The van der Waals surface area contributed by atoms with Gasteiger partial charge in [0, 0.05) is 34.5 Å². The first kappa shape index (κ1) is 19.4. The summed E-state index contributed by atoms with van der Waals surface area (Å²) >= 11 is 0. The average molecular weight is 360 g/mol. The van der Waals surface area contributed by atoms with Gasteiger partial charge in [-0.25, -0.2) is 0 Å². The Morgan fingerprint density at radius 3 is 2.39 bits per heavy atom. The maximum Gasteiger partial charge on any atom is 0.220 e. The highest BCUT2D eigenvalue weighted by Gasteiger charge is 2.46. The number of carbonyl (C=O) groups excluding carboxylic acids is 1. The number of hydrogen-bond acceptors (Lipinski definition) is 4. The molecule has 0 spiro atoms. The lowest BCUT2D eigenvalue weighted by Crippen LogP contribution is -2.62. The summed E-state index contributed by atoms with van der Waals surface area (Å²) in [7, 11) is 3.99. The Kier molecular flexibility index (Phi) is 6.74. The van der Waals surface area contributed by atoms with Crippen LogP contribution in [-0.4, -0.2) is 39.1 Å². The minimum Gasteiger partial charge on any atom is -0.353 e. The smallest absolute Gasteiger partial charge is 0.220 e. The molecule has 0 saturated carbocycles. The van der Waals surface area contributed by atoms with Gasteiger partial charge in [0.05, 0.1) is 0 Å². The van der Waals surface area contributed by atoms with Gasteiger partial charge in [-0.15, -0.1) is 10.3 Å². The molecular formula is C17H31N2O2S2. The van der Waals surface area contributed by atoms with Gasteiger partial charge in [-0.1, -0.05) is 28.0 Å². The molecule has 4 nitrogen and oxygen atoms in total. The van der Waals surface area contributed by atoms with E-state index in [2.05, 4.69) is 5.32 Å². The molecule has 2 fully saturated rings. The lowest BCUT2D eigenvalue weighted by atomic mass is 9.79. The summed E-state index contributed by atoms with van der Waals surface area (Å²) in [5.74, 6) is 1.43. The van der Waals surface area contributed by atoms with Crippen LogP contribution in [0, 0.1) is 0 Å². The Bertz CT molecular complexity index is 391. The van der Waals surface area contributed by atoms with E-state index in [4.69, 9.17) is 0 Å². The fraction of sp³-hybridized carbons (Fsp3) is 0.941. The van der Waals surface area contributed by atoms with Crippen molar-refractivity contribution in [2.75, 3.05) is 5.75 Å². The molecule has 1 unspecified atom stereocenters. The monoisotopic (exact) mass is 359 g/mol. The number of unbranched alkanes of at least 4 members (excludes halogenated alkanes) is 1. The SMILES string of the molecule is CC1(C)CC(NC(=O)CCCCC2CCSS2)CC(C)(C)N1[O]. The Morgan fingerprint density at radius 2 is 1.83 bits per heavy atom. The molecule has 2 aliphatic heterocycles. The van der Waals surface area contributed by atoms with Crippen LogP contribution in [0.25, 0.3) is 0 Å². The highest BCUT2D eigenvalue weighted by atomic mass is 33.1. The Morgan fingerprint density at radius 1 is 1.17 bits per heavy atom. The fourth-order valence-electron chi connectivity index (χ4n) is 3.89. The highest BCUT2D eigenvalue weighted by Crippen LogP contribution is 2.40. The molecule has 2 saturated heterocycles. The molecular weight excluding hydrogens is 328 g/mol. The summed E-state index contributed by atoms with van der Waals surface area (Å²) in [6.45, 7) is 7.88. The van der Waals surface area contributed by atoms with Crippen molar-refractivity contribution in [2.45, 2.75) is 95.0 Å². The van der Waals surface area contributed by atoms with E-state index in [-0.39, 0.29) is 11.9 Å². The van der Waals surface area contributed by atoms with Crippen molar-refractivity contribution in [3.05, 3.63) is 0 Å². The summed E-state index contributed by atoms with van der Waals surface area (Å²) in [6.07, 6.45) is 6.73. The molecule has 0 aliphatic carbocycles. The maximum atomic E-state index is 12.3. The van der Waals surface area contributed by atoms with E-state index in [0.717, 1.165) is 30.9 Å². The summed E-state index contributed by atoms with van der Waals surface area (Å²) in [6, 6.07) is 0.111. The summed E-state index contributed by atoms with van der Waals surface area (Å²) in [5, 5.41) is 17.5. The highest BCUT2D eigenvalue weighted by molar-refractivity contribution is 8.77. The fourth-order valence-corrected chi connectivity index (χ4v) is 6.91. The molecule has 0 aromatic rings. The molecule has 1 N–H and O–H groups in total. The summed E-state index contributed by atoms with van der Waals surface area (Å²) < 4.78 is 0. The van der Waals surface area contributed by atoms with E-state index < -0.39 is 11.1 Å². The van der Waals surface area contributed by atoms with Crippen LogP contribution in [0.5, 0.6) is 0 Å². The summed E-state index contributed by atoms with van der Waals surface area (Å²) in [4.78, 5) is 12.2. The molecule has 1 radical (unpaired) electrons. The van der Waals surface area contributed by atoms with E-state index >= 15 is 0 Å². The van der Waals surface area contributed by atoms with E-state index in [9.17, 15) is 10.0 Å². The van der Waals surface area contributed by atoms with Gasteiger partial charge >= 0.3 is 0 Å². The number of hydroxylamine groups is 2. The van der Waals surface area contributed by atoms with Crippen LogP contribution >= 0.6 is 21.6 Å². The van der Waals surface area contributed by atoms with E-state index in [1.165, 1.54) is 23.7 Å². The number of amides is 1. The van der Waals surface area contributed by atoms with Crippen LogP contribution in [0.4, 0.5) is 0 Å². The number of nitrogens with zero attached hydrogens (tertiary/aromatic N) is 1. The van der Waals surface area contributed by atoms with Crippen LogP contribution in [-0.2, 0) is 10.0 Å². The first-order valence-corrected chi connectivity index (χ1v) is 11.1. The number of piperidine rings is 1. The quantitative estimate of drug-likeness (QED) is 0.571. The van der Waals surface area contributed by atoms with Crippen LogP contribution < -0.4 is 5.32 Å². The lowest BCUT2D eigenvalue weighted by Gasteiger charge is -2.50. The molecule has 1 atom stereocenters. The molecule has 1 amide bonds. The van der Waals surface area contributed by atoms with Crippen molar-refractivity contribution >= 4 is 27.5 Å². The van der Waals surface area contributed by atoms with E-state index in [0.29, 0.717) is 6.42 Å². The van der Waals surface area contributed by atoms with Crippen molar-refractivity contribution in [2.24, 2.45) is 0 Å². The molecule has 0 aromatic heterocycles. The van der Waals surface area contributed by atoms with E-state index in [1.807, 2.05) is 49.3 Å². The zero-order valence-corrected chi connectivity index (χ0v) is 16.5. The molecule has 133 valence electrons. The molecule has 2 rings (SSSR count). The zero-order valence-electron chi connectivity index (χ0n) is 14.9. The minimum absolute atomic E-state index is 0.111. The van der Waals surface area contributed by atoms with E-state index in [1.54, 1.807) is 0 Å². The Hall–Kier alpha value is 0.0900.